The fourth-order valence-corrected chi connectivity index (χ4v) is 2.32. The van der Waals surface area contributed by atoms with Crippen molar-refractivity contribution in [1.29, 1.82) is 5.26 Å². The SMILES string of the molecule is COc1cccc(C#N)c1NC(=O)c1cc(Cl)cc(Cl)c1. The molecule has 2 aromatic carbocycles. The van der Waals surface area contributed by atoms with Gasteiger partial charge in [0.2, 0.25) is 0 Å². The van der Waals surface area contributed by atoms with Crippen LogP contribution in [0.2, 0.25) is 10.0 Å². The first-order chi connectivity index (χ1) is 10.0. The number of benzene rings is 2. The van der Waals surface area contributed by atoms with Crippen LogP contribution in [0.1, 0.15) is 15.9 Å². The first-order valence-corrected chi connectivity index (χ1v) is 6.65. The number of carbonyl (C=O) groups excluding carboxylic acids is 1. The first-order valence-electron chi connectivity index (χ1n) is 5.89. The molecule has 2 aromatic rings. The predicted octanol–water partition coefficient (Wildman–Crippen LogP) is 4.13. The van der Waals surface area contributed by atoms with Crippen molar-refractivity contribution in [2.45, 2.75) is 0 Å². The number of halogens is 2. The number of amides is 1. The van der Waals surface area contributed by atoms with E-state index in [1.165, 1.54) is 25.3 Å². The van der Waals surface area contributed by atoms with Gasteiger partial charge in [-0.2, -0.15) is 5.26 Å². The largest absolute Gasteiger partial charge is 0.495 e. The third kappa shape index (κ3) is 3.46. The lowest BCUT2D eigenvalue weighted by atomic mass is 10.1. The van der Waals surface area contributed by atoms with Crippen molar-refractivity contribution < 1.29 is 9.53 Å². The Balaban J connectivity index is 2.38. The Morgan fingerprint density at radius 1 is 1.24 bits per heavy atom. The number of rotatable bonds is 3. The summed E-state index contributed by atoms with van der Waals surface area (Å²) in [5, 5.41) is 12.5. The van der Waals surface area contributed by atoms with Crippen LogP contribution in [0.4, 0.5) is 5.69 Å². The minimum atomic E-state index is -0.430. The molecule has 0 saturated carbocycles. The summed E-state index contributed by atoms with van der Waals surface area (Å²) < 4.78 is 5.15. The minimum Gasteiger partial charge on any atom is -0.495 e. The average molecular weight is 321 g/mol. The van der Waals surface area contributed by atoms with E-state index in [0.29, 0.717) is 32.6 Å². The summed E-state index contributed by atoms with van der Waals surface area (Å²) in [6, 6.07) is 11.4. The molecule has 0 aromatic heterocycles. The highest BCUT2D eigenvalue weighted by atomic mass is 35.5. The molecule has 4 nitrogen and oxygen atoms in total. The second-order valence-electron chi connectivity index (χ2n) is 4.11. The summed E-state index contributed by atoms with van der Waals surface area (Å²) in [6.45, 7) is 0. The number of nitriles is 1. The molecule has 1 N–H and O–H groups in total. The Kier molecular flexibility index (Phi) is 4.69. The zero-order valence-electron chi connectivity index (χ0n) is 11.0. The van der Waals surface area contributed by atoms with E-state index >= 15 is 0 Å². The summed E-state index contributed by atoms with van der Waals surface area (Å²) in [5.41, 5.74) is 0.904. The average Bonchev–Trinajstić information content (AvgIpc) is 2.46. The highest BCUT2D eigenvalue weighted by molar-refractivity contribution is 6.35. The minimum absolute atomic E-state index is 0.294. The summed E-state index contributed by atoms with van der Waals surface area (Å²) in [5.74, 6) is -0.0316. The number of anilines is 1. The van der Waals surface area contributed by atoms with Crippen LogP contribution < -0.4 is 10.1 Å². The predicted molar refractivity (Wildman–Crippen MR) is 82.1 cm³/mol. The van der Waals surface area contributed by atoms with Crippen LogP contribution in [-0.4, -0.2) is 13.0 Å². The van der Waals surface area contributed by atoms with Gasteiger partial charge in [0.15, 0.2) is 0 Å². The smallest absolute Gasteiger partial charge is 0.255 e. The van der Waals surface area contributed by atoms with E-state index in [0.717, 1.165) is 0 Å². The molecule has 0 aliphatic carbocycles. The summed E-state index contributed by atoms with van der Waals surface area (Å²) >= 11 is 11.7. The van der Waals surface area contributed by atoms with Crippen molar-refractivity contribution in [3.8, 4) is 11.8 Å². The van der Waals surface area contributed by atoms with Crippen LogP contribution in [0.15, 0.2) is 36.4 Å². The van der Waals surface area contributed by atoms with Gasteiger partial charge < -0.3 is 10.1 Å². The van der Waals surface area contributed by atoms with E-state index in [1.807, 2.05) is 6.07 Å². The van der Waals surface area contributed by atoms with E-state index < -0.39 is 5.91 Å². The van der Waals surface area contributed by atoms with Gasteiger partial charge in [-0.25, -0.2) is 0 Å². The number of methoxy groups -OCH3 is 1. The first kappa shape index (κ1) is 15.2. The lowest BCUT2D eigenvalue weighted by Gasteiger charge is -2.12. The van der Waals surface area contributed by atoms with Gasteiger partial charge in [0.05, 0.1) is 12.7 Å². The molecule has 0 unspecified atom stereocenters. The van der Waals surface area contributed by atoms with Crippen molar-refractivity contribution >= 4 is 34.8 Å². The summed E-state index contributed by atoms with van der Waals surface area (Å²) in [4.78, 5) is 12.3. The van der Waals surface area contributed by atoms with Crippen molar-refractivity contribution in [2.24, 2.45) is 0 Å². The fraction of sp³-hybridized carbons (Fsp3) is 0.0667. The van der Waals surface area contributed by atoms with Crippen molar-refractivity contribution in [3.05, 3.63) is 57.6 Å². The monoisotopic (exact) mass is 320 g/mol. The molecule has 1 amide bonds. The topological polar surface area (TPSA) is 62.1 Å². The number of para-hydroxylation sites is 1. The van der Waals surface area contributed by atoms with Gasteiger partial charge in [-0.15, -0.1) is 0 Å². The van der Waals surface area contributed by atoms with Crippen LogP contribution in [0.5, 0.6) is 5.75 Å². The Labute approximate surface area is 131 Å². The summed E-state index contributed by atoms with van der Waals surface area (Å²) in [6.07, 6.45) is 0. The Morgan fingerprint density at radius 3 is 2.48 bits per heavy atom. The summed E-state index contributed by atoms with van der Waals surface area (Å²) in [7, 11) is 1.46. The standard InChI is InChI=1S/C15H10Cl2N2O2/c1-21-13-4-2-3-9(8-18)14(13)19-15(20)10-5-11(16)7-12(17)6-10/h2-7H,1H3,(H,19,20). The van der Waals surface area contributed by atoms with Crippen molar-refractivity contribution in [1.82, 2.24) is 0 Å². The molecule has 0 aliphatic rings. The molecular weight excluding hydrogens is 311 g/mol. The maximum absolute atomic E-state index is 12.3. The van der Waals surface area contributed by atoms with Crippen LogP contribution in [0, 0.1) is 11.3 Å². The fourth-order valence-electron chi connectivity index (χ4n) is 1.79. The molecule has 0 spiro atoms. The molecule has 0 bridgehead atoms. The second-order valence-corrected chi connectivity index (χ2v) is 4.98. The number of nitrogens with one attached hydrogen (secondary N) is 1. The second kappa shape index (κ2) is 6.49. The van der Waals surface area contributed by atoms with Gasteiger partial charge in [-0.3, -0.25) is 4.79 Å². The molecular formula is C15H10Cl2N2O2. The molecule has 0 aliphatic heterocycles. The van der Waals surface area contributed by atoms with Crippen LogP contribution in [-0.2, 0) is 0 Å². The normalized spacial score (nSPS) is 9.81. The number of hydrogen-bond acceptors (Lipinski definition) is 3. The quantitative estimate of drug-likeness (QED) is 0.925. The molecule has 6 heteroatoms. The van der Waals surface area contributed by atoms with Crippen LogP contribution >= 0.6 is 23.2 Å². The zero-order valence-corrected chi connectivity index (χ0v) is 12.5. The lowest BCUT2D eigenvalue weighted by Crippen LogP contribution is -2.13. The molecule has 0 atom stereocenters. The highest BCUT2D eigenvalue weighted by Gasteiger charge is 2.14. The van der Waals surface area contributed by atoms with Crippen LogP contribution in [0.3, 0.4) is 0 Å². The number of ether oxygens (including phenoxy) is 1. The van der Waals surface area contributed by atoms with E-state index in [2.05, 4.69) is 5.32 Å². The highest BCUT2D eigenvalue weighted by Crippen LogP contribution is 2.29. The maximum Gasteiger partial charge on any atom is 0.255 e. The van der Waals surface area contributed by atoms with Crippen molar-refractivity contribution in [2.75, 3.05) is 12.4 Å². The Bertz CT molecular complexity index is 719. The lowest BCUT2D eigenvalue weighted by molar-refractivity contribution is 0.102. The van der Waals surface area contributed by atoms with Gasteiger partial charge in [0.25, 0.3) is 5.91 Å². The molecule has 0 heterocycles. The molecule has 2 rings (SSSR count). The Hall–Kier alpha value is -2.22. The molecule has 0 saturated heterocycles. The molecule has 106 valence electrons. The number of nitrogens with zero attached hydrogens (tertiary/aromatic N) is 1. The molecule has 0 radical (unpaired) electrons. The molecule has 0 fully saturated rings. The van der Waals surface area contributed by atoms with Gasteiger partial charge in [-0.05, 0) is 30.3 Å². The van der Waals surface area contributed by atoms with E-state index in [4.69, 9.17) is 33.2 Å². The Morgan fingerprint density at radius 2 is 1.90 bits per heavy atom. The van der Waals surface area contributed by atoms with Gasteiger partial charge in [-0.1, -0.05) is 29.3 Å². The van der Waals surface area contributed by atoms with Gasteiger partial charge in [0.1, 0.15) is 17.5 Å². The van der Waals surface area contributed by atoms with Gasteiger partial charge in [0, 0.05) is 15.6 Å². The maximum atomic E-state index is 12.3. The third-order valence-electron chi connectivity index (χ3n) is 2.73. The van der Waals surface area contributed by atoms with Crippen LogP contribution in [0.25, 0.3) is 0 Å². The number of carbonyl (C=O) groups is 1. The zero-order chi connectivity index (χ0) is 15.4. The van der Waals surface area contributed by atoms with E-state index in [-0.39, 0.29) is 0 Å². The number of hydrogen-bond donors (Lipinski definition) is 1. The van der Waals surface area contributed by atoms with E-state index in [9.17, 15) is 4.79 Å². The third-order valence-corrected chi connectivity index (χ3v) is 3.17. The van der Waals surface area contributed by atoms with Gasteiger partial charge >= 0.3 is 0 Å². The van der Waals surface area contributed by atoms with E-state index in [1.54, 1.807) is 18.2 Å². The van der Waals surface area contributed by atoms with Crippen molar-refractivity contribution in [3.63, 3.8) is 0 Å². The molecule has 21 heavy (non-hydrogen) atoms.